The summed E-state index contributed by atoms with van der Waals surface area (Å²) in [7, 11) is 0. The largest absolute Gasteiger partial charge is 0.348 e. The average molecular weight is 228 g/mol. The third-order valence-electron chi connectivity index (χ3n) is 3.75. The Balaban J connectivity index is 0.00000120. The Morgan fingerprint density at radius 2 is 2.18 bits per heavy atom. The first-order chi connectivity index (χ1) is 8.42. The first kappa shape index (κ1) is 10.6. The minimum atomic E-state index is 0. The van der Waals surface area contributed by atoms with Crippen LogP contribution in [0.4, 0.5) is 0 Å². The minimum Gasteiger partial charge on any atom is -0.348 e. The van der Waals surface area contributed by atoms with E-state index in [2.05, 4.69) is 34.2 Å². The molecule has 0 spiro atoms. The summed E-state index contributed by atoms with van der Waals surface area (Å²) in [6, 6.07) is 8.90. The number of aromatic nitrogens is 2. The van der Waals surface area contributed by atoms with E-state index in [1.807, 2.05) is 6.20 Å². The number of H-pyrrole nitrogens is 1. The molecule has 1 aliphatic rings. The van der Waals surface area contributed by atoms with Crippen molar-refractivity contribution in [2.45, 2.75) is 32.1 Å². The molecular weight excluding hydrogens is 208 g/mol. The Hall–Kier alpha value is -1.57. The average Bonchev–Trinajstić information content (AvgIpc) is 2.76. The fourth-order valence-electron chi connectivity index (χ4n) is 2.88. The van der Waals surface area contributed by atoms with Crippen LogP contribution in [0.5, 0.6) is 0 Å². The standard InChI is InChI=1S/C15H18N2.H2/c1-2-6-14-8-12(4-3-7-13(14)5-1)9-15-10-16-11-17-15;/h1-2,5-6,10-12H,3-4,7-9H2,(H,16,17);1H. The van der Waals surface area contributed by atoms with Crippen LogP contribution in [0.2, 0.25) is 0 Å². The van der Waals surface area contributed by atoms with Gasteiger partial charge in [0.15, 0.2) is 0 Å². The fraction of sp³-hybridized carbons (Fsp3) is 0.400. The number of hydrogen-bond donors (Lipinski definition) is 1. The number of aryl methyl sites for hydroxylation is 1. The quantitative estimate of drug-likeness (QED) is 0.784. The summed E-state index contributed by atoms with van der Waals surface area (Å²) in [6.07, 6.45) is 9.97. The van der Waals surface area contributed by atoms with Crippen LogP contribution in [-0.2, 0) is 19.3 Å². The number of imidazole rings is 1. The minimum absolute atomic E-state index is 0. The van der Waals surface area contributed by atoms with E-state index in [1.54, 1.807) is 17.5 Å². The molecule has 0 saturated carbocycles. The second-order valence-corrected chi connectivity index (χ2v) is 5.01. The van der Waals surface area contributed by atoms with Crippen molar-refractivity contribution in [3.63, 3.8) is 0 Å². The van der Waals surface area contributed by atoms with Crippen molar-refractivity contribution < 1.29 is 1.43 Å². The fourth-order valence-corrected chi connectivity index (χ4v) is 2.88. The second kappa shape index (κ2) is 4.74. The third kappa shape index (κ3) is 2.41. The lowest BCUT2D eigenvalue weighted by molar-refractivity contribution is 0.474. The van der Waals surface area contributed by atoms with Crippen LogP contribution in [0.3, 0.4) is 0 Å². The molecule has 0 radical (unpaired) electrons. The molecule has 17 heavy (non-hydrogen) atoms. The van der Waals surface area contributed by atoms with Gasteiger partial charge in [0.05, 0.1) is 6.33 Å². The van der Waals surface area contributed by atoms with Gasteiger partial charge in [0.1, 0.15) is 0 Å². The van der Waals surface area contributed by atoms with Crippen LogP contribution in [0, 0.1) is 5.92 Å². The van der Waals surface area contributed by atoms with Gasteiger partial charge in [-0.1, -0.05) is 24.3 Å². The maximum Gasteiger partial charge on any atom is 0.0921 e. The van der Waals surface area contributed by atoms with Crippen molar-refractivity contribution in [3.05, 3.63) is 53.6 Å². The van der Waals surface area contributed by atoms with Gasteiger partial charge in [-0.15, -0.1) is 0 Å². The number of nitrogens with one attached hydrogen (secondary N) is 1. The third-order valence-corrected chi connectivity index (χ3v) is 3.75. The first-order valence-corrected chi connectivity index (χ1v) is 6.46. The van der Waals surface area contributed by atoms with Gasteiger partial charge < -0.3 is 4.98 Å². The van der Waals surface area contributed by atoms with Gasteiger partial charge in [0.25, 0.3) is 0 Å². The van der Waals surface area contributed by atoms with Gasteiger partial charge in [-0.3, -0.25) is 0 Å². The van der Waals surface area contributed by atoms with Crippen LogP contribution in [0.15, 0.2) is 36.8 Å². The molecule has 90 valence electrons. The van der Waals surface area contributed by atoms with Gasteiger partial charge in [0, 0.05) is 13.3 Å². The van der Waals surface area contributed by atoms with Crippen molar-refractivity contribution in [2.24, 2.45) is 5.92 Å². The summed E-state index contributed by atoms with van der Waals surface area (Å²) in [5.74, 6) is 0.763. The molecule has 1 unspecified atom stereocenters. The van der Waals surface area contributed by atoms with Crippen molar-refractivity contribution in [2.75, 3.05) is 0 Å². The molecular formula is C15H20N2. The molecule has 2 aromatic rings. The summed E-state index contributed by atoms with van der Waals surface area (Å²) in [4.78, 5) is 7.32. The number of nitrogens with zero attached hydrogens (tertiary/aromatic N) is 1. The molecule has 0 saturated heterocycles. The topological polar surface area (TPSA) is 28.7 Å². The molecule has 2 nitrogen and oxygen atoms in total. The lowest BCUT2D eigenvalue weighted by atomic mass is 9.93. The molecule has 1 heterocycles. The van der Waals surface area contributed by atoms with Gasteiger partial charge in [0.2, 0.25) is 0 Å². The monoisotopic (exact) mass is 228 g/mol. The lowest BCUT2D eigenvalue weighted by Gasteiger charge is -2.13. The normalized spacial score (nSPS) is 19.6. The SMILES string of the molecule is [HH].c1ccc2c(c1)CCCC(Cc1cnc[nH]1)C2. The van der Waals surface area contributed by atoms with Gasteiger partial charge in [-0.05, 0) is 49.1 Å². The Morgan fingerprint density at radius 1 is 1.29 bits per heavy atom. The van der Waals surface area contributed by atoms with Crippen molar-refractivity contribution in [3.8, 4) is 0 Å². The van der Waals surface area contributed by atoms with Gasteiger partial charge in [-0.25, -0.2) is 4.98 Å². The highest BCUT2D eigenvalue weighted by Crippen LogP contribution is 2.26. The number of benzene rings is 1. The summed E-state index contributed by atoms with van der Waals surface area (Å²) in [5, 5.41) is 0. The predicted octanol–water partition coefficient (Wildman–Crippen LogP) is 3.39. The zero-order chi connectivity index (χ0) is 11.5. The maximum absolute atomic E-state index is 4.10. The molecule has 3 rings (SSSR count). The Kier molecular flexibility index (Phi) is 2.95. The highest BCUT2D eigenvalue weighted by Gasteiger charge is 2.17. The van der Waals surface area contributed by atoms with E-state index in [-0.39, 0.29) is 1.43 Å². The molecule has 0 bridgehead atoms. The van der Waals surface area contributed by atoms with E-state index in [9.17, 15) is 0 Å². The summed E-state index contributed by atoms with van der Waals surface area (Å²) < 4.78 is 0. The summed E-state index contributed by atoms with van der Waals surface area (Å²) in [5.41, 5.74) is 4.38. The van der Waals surface area contributed by atoms with Crippen LogP contribution in [0.25, 0.3) is 0 Å². The van der Waals surface area contributed by atoms with Crippen molar-refractivity contribution in [1.82, 2.24) is 9.97 Å². The highest BCUT2D eigenvalue weighted by atomic mass is 14.9. The Morgan fingerprint density at radius 3 is 3.00 bits per heavy atom. The molecule has 0 amide bonds. The Bertz CT molecular complexity index is 479. The molecule has 0 aliphatic heterocycles. The van der Waals surface area contributed by atoms with Crippen molar-refractivity contribution in [1.29, 1.82) is 0 Å². The van der Waals surface area contributed by atoms with E-state index < -0.39 is 0 Å². The van der Waals surface area contributed by atoms with Crippen LogP contribution in [-0.4, -0.2) is 9.97 Å². The summed E-state index contributed by atoms with van der Waals surface area (Å²) in [6.45, 7) is 0. The van der Waals surface area contributed by atoms with E-state index in [4.69, 9.17) is 0 Å². The van der Waals surface area contributed by atoms with E-state index in [0.29, 0.717) is 0 Å². The van der Waals surface area contributed by atoms with Gasteiger partial charge in [-0.2, -0.15) is 0 Å². The van der Waals surface area contributed by atoms with E-state index in [1.165, 1.54) is 31.4 Å². The second-order valence-electron chi connectivity index (χ2n) is 5.01. The molecule has 1 aromatic heterocycles. The van der Waals surface area contributed by atoms with Crippen LogP contribution >= 0.6 is 0 Å². The predicted molar refractivity (Wildman–Crippen MR) is 71.0 cm³/mol. The number of fused-ring (bicyclic) bond motifs is 1. The number of aromatic amines is 1. The smallest absolute Gasteiger partial charge is 0.0921 e. The molecule has 1 aromatic carbocycles. The summed E-state index contributed by atoms with van der Waals surface area (Å²) >= 11 is 0. The van der Waals surface area contributed by atoms with Crippen molar-refractivity contribution >= 4 is 0 Å². The zero-order valence-corrected chi connectivity index (χ0v) is 10.0. The Labute approximate surface area is 104 Å². The van der Waals surface area contributed by atoms with Crippen LogP contribution in [0.1, 0.15) is 31.1 Å². The van der Waals surface area contributed by atoms with E-state index in [0.717, 1.165) is 12.3 Å². The first-order valence-electron chi connectivity index (χ1n) is 6.46. The van der Waals surface area contributed by atoms with E-state index >= 15 is 0 Å². The molecule has 1 N–H and O–H groups in total. The highest BCUT2D eigenvalue weighted by molar-refractivity contribution is 5.28. The molecule has 2 heteroatoms. The molecule has 1 atom stereocenters. The zero-order valence-electron chi connectivity index (χ0n) is 10.0. The van der Waals surface area contributed by atoms with Crippen LogP contribution < -0.4 is 0 Å². The number of hydrogen-bond acceptors (Lipinski definition) is 1. The molecule has 1 aliphatic carbocycles. The number of rotatable bonds is 2. The molecule has 0 fully saturated rings. The maximum atomic E-state index is 4.10. The van der Waals surface area contributed by atoms with Gasteiger partial charge >= 0.3 is 0 Å². The lowest BCUT2D eigenvalue weighted by Crippen LogP contribution is -2.07.